The van der Waals surface area contributed by atoms with E-state index in [4.69, 9.17) is 4.74 Å². The maximum atomic E-state index is 6.56. The van der Waals surface area contributed by atoms with Crippen molar-refractivity contribution < 1.29 is 4.74 Å². The second-order valence-corrected chi connectivity index (χ2v) is 9.85. The van der Waals surface area contributed by atoms with Crippen LogP contribution in [0, 0.1) is 0 Å². The van der Waals surface area contributed by atoms with E-state index in [0.717, 1.165) is 37.2 Å². The first kappa shape index (κ1) is 16.7. The summed E-state index contributed by atoms with van der Waals surface area (Å²) in [4.78, 5) is 0. The molecule has 0 aromatic heterocycles. The molecule has 2 aliphatic rings. The minimum atomic E-state index is 0.179. The maximum Gasteiger partial charge on any atom is 0.133 e. The second kappa shape index (κ2) is 5.37. The number of hydrogen-bond acceptors (Lipinski definition) is 1. The van der Waals surface area contributed by atoms with E-state index in [1.165, 1.54) is 33.4 Å². The summed E-state index contributed by atoms with van der Waals surface area (Å²) in [6.45, 7) is 13.8. The minimum absolute atomic E-state index is 0.179. The largest absolute Gasteiger partial charge is 0.456 e. The van der Waals surface area contributed by atoms with Crippen molar-refractivity contribution in [2.75, 3.05) is 0 Å². The van der Waals surface area contributed by atoms with Crippen LogP contribution in [-0.2, 0) is 36.5 Å². The Labute approximate surface area is 152 Å². The normalized spacial score (nSPS) is 16.1. The molecule has 1 nitrogen and oxygen atoms in total. The van der Waals surface area contributed by atoms with Crippen LogP contribution in [-0.4, -0.2) is 0 Å². The summed E-state index contributed by atoms with van der Waals surface area (Å²) in [5, 5.41) is 0. The van der Waals surface area contributed by atoms with Crippen LogP contribution in [0.25, 0.3) is 0 Å². The van der Waals surface area contributed by atoms with Gasteiger partial charge in [0.15, 0.2) is 0 Å². The average molecular weight is 335 g/mol. The lowest BCUT2D eigenvalue weighted by Gasteiger charge is -2.22. The maximum absolute atomic E-state index is 6.56. The van der Waals surface area contributed by atoms with Crippen molar-refractivity contribution in [3.05, 3.63) is 57.6 Å². The molecule has 2 aromatic carbocycles. The summed E-state index contributed by atoms with van der Waals surface area (Å²) in [6.07, 6.45) is 4.30. The second-order valence-electron chi connectivity index (χ2n) is 9.85. The van der Waals surface area contributed by atoms with Gasteiger partial charge in [-0.1, -0.05) is 65.8 Å². The molecule has 4 rings (SSSR count). The zero-order chi connectivity index (χ0) is 18.0. The van der Waals surface area contributed by atoms with Gasteiger partial charge in [-0.2, -0.15) is 0 Å². The summed E-state index contributed by atoms with van der Waals surface area (Å²) in [5.41, 5.74) is 8.80. The first-order chi connectivity index (χ1) is 11.6. The highest BCUT2D eigenvalue weighted by atomic mass is 16.5. The smallest absolute Gasteiger partial charge is 0.133 e. The fraction of sp³-hybridized carbons (Fsp3) is 0.500. The van der Waals surface area contributed by atoms with Crippen LogP contribution in [0.2, 0.25) is 0 Å². The van der Waals surface area contributed by atoms with Gasteiger partial charge in [0.1, 0.15) is 11.5 Å². The van der Waals surface area contributed by atoms with Gasteiger partial charge >= 0.3 is 0 Å². The Balaban J connectivity index is 1.88. The Hall–Kier alpha value is -1.76. The molecule has 2 bridgehead atoms. The molecule has 0 aliphatic carbocycles. The molecule has 0 atom stereocenters. The zero-order valence-electron chi connectivity index (χ0n) is 16.5. The van der Waals surface area contributed by atoms with Gasteiger partial charge in [0, 0.05) is 0 Å². The summed E-state index contributed by atoms with van der Waals surface area (Å²) >= 11 is 0. The number of hydrogen-bond donors (Lipinski definition) is 0. The highest BCUT2D eigenvalue weighted by Crippen LogP contribution is 2.45. The van der Waals surface area contributed by atoms with Gasteiger partial charge in [-0.3, -0.25) is 0 Å². The summed E-state index contributed by atoms with van der Waals surface area (Å²) < 4.78 is 6.56. The standard InChI is InChI=1S/C24H30O/c1-23(2,3)19-11-15-7-9-17-13-20(24(4,5)6)14-18-10-8-16(12-19)21(15)25-22(17)18/h11-14H,7-10H2,1-6H3. The van der Waals surface area contributed by atoms with Crippen molar-refractivity contribution in [1.29, 1.82) is 0 Å². The highest BCUT2D eigenvalue weighted by Gasteiger charge is 2.28. The van der Waals surface area contributed by atoms with E-state index in [0.29, 0.717) is 0 Å². The number of ether oxygens (including phenoxy) is 1. The first-order valence-electron chi connectivity index (χ1n) is 9.63. The molecule has 0 unspecified atom stereocenters. The van der Waals surface area contributed by atoms with Crippen LogP contribution < -0.4 is 4.74 Å². The van der Waals surface area contributed by atoms with Gasteiger partial charge in [-0.15, -0.1) is 0 Å². The Morgan fingerprint density at radius 1 is 0.560 bits per heavy atom. The van der Waals surface area contributed by atoms with Crippen molar-refractivity contribution in [2.45, 2.75) is 78.1 Å². The molecular formula is C24H30O. The van der Waals surface area contributed by atoms with Gasteiger partial charge in [-0.05, 0) is 69.9 Å². The van der Waals surface area contributed by atoms with E-state index in [9.17, 15) is 0 Å². The van der Waals surface area contributed by atoms with Crippen molar-refractivity contribution in [3.63, 3.8) is 0 Å². The monoisotopic (exact) mass is 334 g/mol. The van der Waals surface area contributed by atoms with Gasteiger partial charge in [0.25, 0.3) is 0 Å². The van der Waals surface area contributed by atoms with Gasteiger partial charge in [0.05, 0.1) is 0 Å². The van der Waals surface area contributed by atoms with E-state index in [2.05, 4.69) is 65.8 Å². The predicted molar refractivity (Wildman–Crippen MR) is 105 cm³/mol. The molecule has 0 radical (unpaired) electrons. The molecule has 0 fully saturated rings. The van der Waals surface area contributed by atoms with Crippen LogP contribution in [0.4, 0.5) is 0 Å². The summed E-state index contributed by atoms with van der Waals surface area (Å²) in [5.74, 6) is 2.29. The third-order valence-electron chi connectivity index (χ3n) is 5.75. The van der Waals surface area contributed by atoms with Gasteiger partial charge < -0.3 is 4.74 Å². The van der Waals surface area contributed by atoms with Crippen LogP contribution in [0.3, 0.4) is 0 Å². The molecular weight excluding hydrogens is 304 g/mol. The van der Waals surface area contributed by atoms with E-state index in [-0.39, 0.29) is 10.8 Å². The number of rotatable bonds is 0. The van der Waals surface area contributed by atoms with Crippen molar-refractivity contribution in [3.8, 4) is 11.5 Å². The number of benzene rings is 2. The van der Waals surface area contributed by atoms with Gasteiger partial charge in [0.2, 0.25) is 0 Å². The fourth-order valence-corrected chi connectivity index (χ4v) is 4.02. The molecule has 132 valence electrons. The predicted octanol–water partition coefficient (Wildman–Crippen LogP) is 6.27. The molecule has 1 heteroatoms. The molecule has 0 saturated heterocycles. The molecule has 2 aromatic rings. The van der Waals surface area contributed by atoms with Gasteiger partial charge in [-0.25, -0.2) is 0 Å². The lowest BCUT2D eigenvalue weighted by Crippen LogP contribution is -2.13. The lowest BCUT2D eigenvalue weighted by molar-refractivity contribution is 0.473. The Morgan fingerprint density at radius 2 is 0.840 bits per heavy atom. The summed E-state index contributed by atoms with van der Waals surface area (Å²) in [6, 6.07) is 9.56. The third kappa shape index (κ3) is 2.88. The molecule has 2 aliphatic heterocycles. The number of aryl methyl sites for hydroxylation is 4. The third-order valence-corrected chi connectivity index (χ3v) is 5.75. The van der Waals surface area contributed by atoms with E-state index in [1.807, 2.05) is 0 Å². The molecule has 0 spiro atoms. The Kier molecular flexibility index (Phi) is 3.58. The van der Waals surface area contributed by atoms with Crippen LogP contribution >= 0.6 is 0 Å². The first-order valence-corrected chi connectivity index (χ1v) is 9.63. The minimum Gasteiger partial charge on any atom is -0.456 e. The molecule has 0 amide bonds. The lowest BCUT2D eigenvalue weighted by atomic mass is 9.81. The average Bonchev–Trinajstić information content (AvgIpc) is 2.81. The van der Waals surface area contributed by atoms with Crippen molar-refractivity contribution in [1.82, 2.24) is 0 Å². The molecule has 0 N–H and O–H groups in total. The van der Waals surface area contributed by atoms with E-state index < -0.39 is 0 Å². The van der Waals surface area contributed by atoms with Crippen molar-refractivity contribution in [2.24, 2.45) is 0 Å². The molecule has 25 heavy (non-hydrogen) atoms. The Bertz CT molecular complexity index is 722. The molecule has 2 heterocycles. The van der Waals surface area contributed by atoms with Crippen LogP contribution in [0.15, 0.2) is 24.3 Å². The van der Waals surface area contributed by atoms with Crippen molar-refractivity contribution >= 4 is 0 Å². The van der Waals surface area contributed by atoms with E-state index >= 15 is 0 Å². The highest BCUT2D eigenvalue weighted by molar-refractivity contribution is 5.57. The topological polar surface area (TPSA) is 9.23 Å². The van der Waals surface area contributed by atoms with Crippen LogP contribution in [0.1, 0.15) is 74.9 Å². The fourth-order valence-electron chi connectivity index (χ4n) is 4.02. The SMILES string of the molecule is CC(C)(C)c1cc2c3c(c1)CCc1cc(C(C)(C)C)cc(c1O3)CC2. The zero-order valence-corrected chi connectivity index (χ0v) is 16.5. The van der Waals surface area contributed by atoms with Crippen LogP contribution in [0.5, 0.6) is 11.5 Å². The Morgan fingerprint density at radius 3 is 1.08 bits per heavy atom. The molecule has 0 saturated carbocycles. The quantitative estimate of drug-likeness (QED) is 0.551. The summed E-state index contributed by atoms with van der Waals surface area (Å²) in [7, 11) is 0. The van der Waals surface area contributed by atoms with E-state index in [1.54, 1.807) is 0 Å².